The summed E-state index contributed by atoms with van der Waals surface area (Å²) in [5, 5.41) is 11.3. The number of nitro groups is 1. The molecule has 1 unspecified atom stereocenters. The van der Waals surface area contributed by atoms with Crippen LogP contribution < -0.4 is 0 Å². The van der Waals surface area contributed by atoms with E-state index in [0.717, 1.165) is 57.4 Å². The van der Waals surface area contributed by atoms with Crippen LogP contribution in [-0.4, -0.2) is 60.7 Å². The van der Waals surface area contributed by atoms with Crippen molar-refractivity contribution in [2.24, 2.45) is 5.92 Å². The lowest BCUT2D eigenvalue weighted by Gasteiger charge is -2.37. The van der Waals surface area contributed by atoms with Gasteiger partial charge in [-0.15, -0.1) is 11.3 Å². The SMILES string of the molecule is O=[N+]([O-])c1ccccc1-c1ccc(CN2CCN(CC3CCCOC3)CC2)s1. The van der Waals surface area contributed by atoms with Gasteiger partial charge in [0.1, 0.15) is 0 Å². The molecule has 1 aromatic carbocycles. The maximum Gasteiger partial charge on any atom is 0.278 e. The third kappa shape index (κ3) is 4.78. The van der Waals surface area contributed by atoms with Crippen molar-refractivity contribution in [1.29, 1.82) is 0 Å². The Morgan fingerprint density at radius 1 is 1.11 bits per heavy atom. The van der Waals surface area contributed by atoms with Crippen LogP contribution in [0.2, 0.25) is 0 Å². The molecule has 1 atom stereocenters. The van der Waals surface area contributed by atoms with Gasteiger partial charge in [-0.2, -0.15) is 0 Å². The Kier molecular flexibility index (Phi) is 6.36. The fraction of sp³-hybridized carbons (Fsp3) is 0.524. The highest BCUT2D eigenvalue weighted by Crippen LogP contribution is 2.35. The van der Waals surface area contributed by atoms with Gasteiger partial charge in [0.25, 0.3) is 5.69 Å². The van der Waals surface area contributed by atoms with Crippen molar-refractivity contribution in [1.82, 2.24) is 9.80 Å². The number of nitro benzene ring substituents is 1. The van der Waals surface area contributed by atoms with E-state index in [1.807, 2.05) is 18.2 Å². The summed E-state index contributed by atoms with van der Waals surface area (Å²) in [5.74, 6) is 0.696. The van der Waals surface area contributed by atoms with Gasteiger partial charge in [0.2, 0.25) is 0 Å². The van der Waals surface area contributed by atoms with E-state index < -0.39 is 0 Å². The van der Waals surface area contributed by atoms with Crippen LogP contribution in [0, 0.1) is 16.0 Å². The fourth-order valence-corrected chi connectivity index (χ4v) is 5.20. The molecule has 2 saturated heterocycles. The molecule has 7 heteroatoms. The first-order chi connectivity index (χ1) is 13.7. The summed E-state index contributed by atoms with van der Waals surface area (Å²) in [5.41, 5.74) is 0.888. The predicted molar refractivity (Wildman–Crippen MR) is 112 cm³/mol. The van der Waals surface area contributed by atoms with E-state index in [2.05, 4.69) is 15.9 Å². The number of hydrogen-bond acceptors (Lipinski definition) is 6. The lowest BCUT2D eigenvalue weighted by Crippen LogP contribution is -2.47. The molecule has 0 aliphatic carbocycles. The standard InChI is InChI=1S/C21H27N3O3S/c25-24(26)20-6-2-1-5-19(20)21-8-7-18(28-21)15-23-11-9-22(10-12-23)14-17-4-3-13-27-16-17/h1-2,5-8,17H,3-4,9-16H2. The maximum absolute atomic E-state index is 11.3. The molecule has 0 N–H and O–H groups in total. The molecule has 0 bridgehead atoms. The number of nitrogens with zero attached hydrogens (tertiary/aromatic N) is 3. The van der Waals surface area contributed by atoms with E-state index in [0.29, 0.717) is 11.5 Å². The van der Waals surface area contributed by atoms with Crippen molar-refractivity contribution in [3.63, 3.8) is 0 Å². The largest absolute Gasteiger partial charge is 0.381 e. The van der Waals surface area contributed by atoms with Crippen LogP contribution in [0.1, 0.15) is 17.7 Å². The van der Waals surface area contributed by atoms with Gasteiger partial charge in [-0.25, -0.2) is 0 Å². The fourth-order valence-electron chi connectivity index (χ4n) is 4.12. The lowest BCUT2D eigenvalue weighted by molar-refractivity contribution is -0.384. The molecule has 1 aromatic heterocycles. The number of para-hydroxylation sites is 1. The molecule has 4 rings (SSSR count). The Bertz CT molecular complexity index is 796. The zero-order valence-corrected chi connectivity index (χ0v) is 16.9. The number of thiophene rings is 1. The van der Waals surface area contributed by atoms with Gasteiger partial charge in [0, 0.05) is 61.7 Å². The van der Waals surface area contributed by atoms with Crippen LogP contribution >= 0.6 is 11.3 Å². The van der Waals surface area contributed by atoms with Gasteiger partial charge >= 0.3 is 0 Å². The molecular weight excluding hydrogens is 374 g/mol. The second kappa shape index (κ2) is 9.13. The van der Waals surface area contributed by atoms with Crippen molar-refractivity contribution >= 4 is 17.0 Å². The van der Waals surface area contributed by atoms with Gasteiger partial charge < -0.3 is 9.64 Å². The molecule has 0 spiro atoms. The zero-order valence-electron chi connectivity index (χ0n) is 16.1. The van der Waals surface area contributed by atoms with E-state index in [1.54, 1.807) is 23.5 Å². The van der Waals surface area contributed by atoms with Crippen molar-refractivity contribution in [2.45, 2.75) is 19.4 Å². The van der Waals surface area contributed by atoms with Crippen LogP contribution in [-0.2, 0) is 11.3 Å². The van der Waals surface area contributed by atoms with Crippen LogP contribution in [0.5, 0.6) is 0 Å². The molecule has 0 saturated carbocycles. The monoisotopic (exact) mass is 401 g/mol. The highest BCUT2D eigenvalue weighted by Gasteiger charge is 2.22. The van der Waals surface area contributed by atoms with Crippen LogP contribution in [0.3, 0.4) is 0 Å². The van der Waals surface area contributed by atoms with Crippen molar-refractivity contribution < 1.29 is 9.66 Å². The number of piperazine rings is 1. The molecule has 2 aliphatic heterocycles. The van der Waals surface area contributed by atoms with Crippen LogP contribution in [0.25, 0.3) is 10.4 Å². The summed E-state index contributed by atoms with van der Waals surface area (Å²) >= 11 is 1.66. The third-order valence-corrected chi connectivity index (χ3v) is 6.75. The number of ether oxygens (including phenoxy) is 1. The molecule has 0 amide bonds. The molecule has 6 nitrogen and oxygen atoms in total. The lowest BCUT2D eigenvalue weighted by atomic mass is 10.0. The van der Waals surface area contributed by atoms with Crippen molar-refractivity contribution in [3.8, 4) is 10.4 Å². The molecule has 3 heterocycles. The molecule has 28 heavy (non-hydrogen) atoms. The average molecular weight is 402 g/mol. The summed E-state index contributed by atoms with van der Waals surface area (Å²) in [6.45, 7) is 8.31. The quantitative estimate of drug-likeness (QED) is 0.543. The summed E-state index contributed by atoms with van der Waals surface area (Å²) < 4.78 is 5.61. The molecular formula is C21H27N3O3S. The van der Waals surface area contributed by atoms with Gasteiger partial charge in [-0.05, 0) is 37.0 Å². The minimum atomic E-state index is -0.300. The van der Waals surface area contributed by atoms with E-state index in [-0.39, 0.29) is 10.6 Å². The molecule has 2 aliphatic rings. The third-order valence-electron chi connectivity index (χ3n) is 5.64. The Balaban J connectivity index is 1.31. The first-order valence-corrected chi connectivity index (χ1v) is 10.9. The highest BCUT2D eigenvalue weighted by molar-refractivity contribution is 7.15. The normalized spacial score (nSPS) is 21.6. The number of hydrogen-bond donors (Lipinski definition) is 0. The first kappa shape index (κ1) is 19.5. The smallest absolute Gasteiger partial charge is 0.278 e. The van der Waals surface area contributed by atoms with Gasteiger partial charge in [-0.3, -0.25) is 15.0 Å². The minimum Gasteiger partial charge on any atom is -0.381 e. The average Bonchev–Trinajstić information content (AvgIpc) is 3.18. The molecule has 0 radical (unpaired) electrons. The van der Waals surface area contributed by atoms with E-state index in [9.17, 15) is 10.1 Å². The van der Waals surface area contributed by atoms with E-state index >= 15 is 0 Å². The predicted octanol–water partition coefficient (Wildman–Crippen LogP) is 3.87. The minimum absolute atomic E-state index is 0.177. The van der Waals surface area contributed by atoms with Crippen molar-refractivity contribution in [2.75, 3.05) is 45.9 Å². The highest BCUT2D eigenvalue weighted by atomic mass is 32.1. The Morgan fingerprint density at radius 2 is 1.89 bits per heavy atom. The zero-order chi connectivity index (χ0) is 19.3. The van der Waals surface area contributed by atoms with Crippen LogP contribution in [0.4, 0.5) is 5.69 Å². The van der Waals surface area contributed by atoms with Gasteiger partial charge in [-0.1, -0.05) is 12.1 Å². The van der Waals surface area contributed by atoms with Gasteiger partial charge in [0.15, 0.2) is 0 Å². The second-order valence-corrected chi connectivity index (χ2v) is 8.87. The molecule has 2 aromatic rings. The first-order valence-electron chi connectivity index (χ1n) is 10.0. The number of benzene rings is 1. The Morgan fingerprint density at radius 3 is 2.64 bits per heavy atom. The van der Waals surface area contributed by atoms with Crippen LogP contribution in [0.15, 0.2) is 36.4 Å². The molecule has 150 valence electrons. The number of rotatable bonds is 6. The maximum atomic E-state index is 11.3. The summed E-state index contributed by atoms with van der Waals surface area (Å²) in [7, 11) is 0. The Hall–Kier alpha value is -1.80. The van der Waals surface area contributed by atoms with Gasteiger partial charge in [0.05, 0.1) is 17.1 Å². The molecule has 2 fully saturated rings. The topological polar surface area (TPSA) is 58.9 Å². The summed E-state index contributed by atoms with van der Waals surface area (Å²) in [6, 6.07) is 11.1. The summed E-state index contributed by atoms with van der Waals surface area (Å²) in [6.07, 6.45) is 2.49. The Labute approximate surface area is 169 Å². The summed E-state index contributed by atoms with van der Waals surface area (Å²) in [4.78, 5) is 18.3. The van der Waals surface area contributed by atoms with E-state index in [4.69, 9.17) is 4.74 Å². The van der Waals surface area contributed by atoms with E-state index in [1.165, 1.54) is 17.7 Å². The van der Waals surface area contributed by atoms with Crippen molar-refractivity contribution in [3.05, 3.63) is 51.4 Å². The second-order valence-electron chi connectivity index (χ2n) is 7.70.